The molecule has 0 aliphatic heterocycles. The zero-order chi connectivity index (χ0) is 20.8. The van der Waals surface area contributed by atoms with Gasteiger partial charge in [-0.2, -0.15) is 17.7 Å². The largest absolute Gasteiger partial charge is 0.453 e. The Labute approximate surface area is 172 Å². The second-order valence-corrected chi connectivity index (χ2v) is 8.01. The SMILES string of the molecule is Cc1sc(C(C)Nc2ccc3nnc(C(F)(F)F)n3n2)nc1-c1ccc(Cl)cc1. The van der Waals surface area contributed by atoms with Crippen LogP contribution in [-0.4, -0.2) is 24.8 Å². The van der Waals surface area contributed by atoms with E-state index in [0.29, 0.717) is 9.54 Å². The van der Waals surface area contributed by atoms with E-state index in [1.807, 2.05) is 26.0 Å². The van der Waals surface area contributed by atoms with Crippen molar-refractivity contribution in [2.24, 2.45) is 0 Å². The predicted molar refractivity (Wildman–Crippen MR) is 105 cm³/mol. The third-order valence-electron chi connectivity index (χ3n) is 4.18. The van der Waals surface area contributed by atoms with Crippen molar-refractivity contribution in [1.29, 1.82) is 0 Å². The van der Waals surface area contributed by atoms with Gasteiger partial charge in [0.2, 0.25) is 0 Å². The number of fused-ring (bicyclic) bond motifs is 1. The average molecular weight is 439 g/mol. The summed E-state index contributed by atoms with van der Waals surface area (Å²) >= 11 is 7.45. The molecule has 0 radical (unpaired) electrons. The van der Waals surface area contributed by atoms with Crippen molar-refractivity contribution < 1.29 is 13.2 Å². The van der Waals surface area contributed by atoms with Gasteiger partial charge in [-0.1, -0.05) is 23.7 Å². The molecular formula is C18H14ClF3N6S. The highest BCUT2D eigenvalue weighted by atomic mass is 35.5. The van der Waals surface area contributed by atoms with E-state index in [4.69, 9.17) is 11.6 Å². The van der Waals surface area contributed by atoms with Gasteiger partial charge in [0.15, 0.2) is 5.65 Å². The predicted octanol–water partition coefficient (Wildman–Crippen LogP) is 5.40. The summed E-state index contributed by atoms with van der Waals surface area (Å²) < 4.78 is 39.8. The van der Waals surface area contributed by atoms with Gasteiger partial charge in [0.05, 0.1) is 11.7 Å². The molecule has 0 bridgehead atoms. The molecule has 0 spiro atoms. The molecule has 0 aliphatic rings. The fraction of sp³-hybridized carbons (Fsp3) is 0.222. The number of aryl methyl sites for hydroxylation is 1. The van der Waals surface area contributed by atoms with Gasteiger partial charge in [-0.25, -0.2) is 4.98 Å². The number of aromatic nitrogens is 5. The molecule has 1 unspecified atom stereocenters. The zero-order valence-electron chi connectivity index (χ0n) is 15.2. The number of anilines is 1. The Bertz CT molecular complexity index is 1170. The lowest BCUT2D eigenvalue weighted by Gasteiger charge is -2.12. The van der Waals surface area contributed by atoms with Crippen LogP contribution >= 0.6 is 22.9 Å². The first-order valence-electron chi connectivity index (χ1n) is 8.52. The number of hydrogen-bond acceptors (Lipinski definition) is 6. The third kappa shape index (κ3) is 3.90. The van der Waals surface area contributed by atoms with Gasteiger partial charge in [0, 0.05) is 15.5 Å². The van der Waals surface area contributed by atoms with Crippen LogP contribution in [0.25, 0.3) is 16.9 Å². The van der Waals surface area contributed by atoms with Crippen molar-refractivity contribution >= 4 is 34.4 Å². The number of thiazole rings is 1. The van der Waals surface area contributed by atoms with E-state index in [9.17, 15) is 13.2 Å². The molecule has 4 aromatic rings. The number of hydrogen-bond donors (Lipinski definition) is 1. The molecule has 0 saturated carbocycles. The van der Waals surface area contributed by atoms with E-state index in [1.54, 1.807) is 18.2 Å². The van der Waals surface area contributed by atoms with Crippen molar-refractivity contribution in [3.8, 4) is 11.3 Å². The van der Waals surface area contributed by atoms with Crippen LogP contribution in [0.1, 0.15) is 28.7 Å². The van der Waals surface area contributed by atoms with Gasteiger partial charge in [0.25, 0.3) is 5.82 Å². The topological polar surface area (TPSA) is 68.0 Å². The van der Waals surface area contributed by atoms with E-state index in [0.717, 1.165) is 21.1 Å². The summed E-state index contributed by atoms with van der Waals surface area (Å²) in [6.07, 6.45) is -4.64. The molecule has 3 heterocycles. The Morgan fingerprint density at radius 1 is 1.10 bits per heavy atom. The maximum Gasteiger partial charge on any atom is 0.453 e. The molecule has 1 aromatic carbocycles. The van der Waals surface area contributed by atoms with E-state index >= 15 is 0 Å². The number of benzene rings is 1. The molecule has 6 nitrogen and oxygen atoms in total. The molecule has 0 amide bonds. The second-order valence-electron chi connectivity index (χ2n) is 6.34. The van der Waals surface area contributed by atoms with Crippen molar-refractivity contribution in [2.45, 2.75) is 26.1 Å². The maximum absolute atomic E-state index is 13.0. The number of rotatable bonds is 4. The first-order valence-corrected chi connectivity index (χ1v) is 9.71. The van der Waals surface area contributed by atoms with Crippen LogP contribution in [0.3, 0.4) is 0 Å². The minimum absolute atomic E-state index is 0.0191. The standard InChI is InChI=1S/C18H14ClF3N6S/c1-9(16-24-15(10(2)29-16)11-3-5-12(19)6-4-11)23-13-7-8-14-25-26-17(18(20,21)22)28(14)27-13/h3-9H,1-2H3,(H,23,27). The molecule has 0 fully saturated rings. The lowest BCUT2D eigenvalue weighted by molar-refractivity contribution is -0.146. The highest BCUT2D eigenvalue weighted by Crippen LogP contribution is 2.32. The normalized spacial score (nSPS) is 13.0. The molecule has 11 heteroatoms. The first kappa shape index (κ1) is 19.6. The minimum Gasteiger partial charge on any atom is -0.360 e. The van der Waals surface area contributed by atoms with E-state index in [-0.39, 0.29) is 17.5 Å². The molecule has 1 N–H and O–H groups in total. The lowest BCUT2D eigenvalue weighted by atomic mass is 10.1. The Morgan fingerprint density at radius 2 is 1.83 bits per heavy atom. The smallest absolute Gasteiger partial charge is 0.360 e. The van der Waals surface area contributed by atoms with Crippen LogP contribution in [0, 0.1) is 6.92 Å². The van der Waals surface area contributed by atoms with Crippen molar-refractivity contribution in [1.82, 2.24) is 24.8 Å². The van der Waals surface area contributed by atoms with Crippen LogP contribution in [0.15, 0.2) is 36.4 Å². The van der Waals surface area contributed by atoms with Gasteiger partial charge < -0.3 is 5.32 Å². The van der Waals surface area contributed by atoms with Crippen LogP contribution in [0.2, 0.25) is 5.02 Å². The monoisotopic (exact) mass is 438 g/mol. The lowest BCUT2D eigenvalue weighted by Crippen LogP contribution is -2.14. The Hall–Kier alpha value is -2.72. The summed E-state index contributed by atoms with van der Waals surface area (Å²) in [7, 11) is 0. The maximum atomic E-state index is 13.0. The van der Waals surface area contributed by atoms with Gasteiger partial charge in [0.1, 0.15) is 10.8 Å². The third-order valence-corrected chi connectivity index (χ3v) is 5.59. The molecular weight excluding hydrogens is 425 g/mol. The molecule has 150 valence electrons. The summed E-state index contributed by atoms with van der Waals surface area (Å²) in [5.74, 6) is -0.907. The Morgan fingerprint density at radius 3 is 2.52 bits per heavy atom. The fourth-order valence-electron chi connectivity index (χ4n) is 2.80. The van der Waals surface area contributed by atoms with Gasteiger partial charge >= 0.3 is 6.18 Å². The number of alkyl halides is 3. The van der Waals surface area contributed by atoms with Crippen LogP contribution < -0.4 is 5.32 Å². The summed E-state index contributed by atoms with van der Waals surface area (Å²) in [6, 6.07) is 10.1. The highest BCUT2D eigenvalue weighted by Gasteiger charge is 2.37. The molecule has 3 aromatic heterocycles. The molecule has 4 rings (SSSR count). The Balaban J connectivity index is 1.60. The number of nitrogens with one attached hydrogen (secondary N) is 1. The quantitative estimate of drug-likeness (QED) is 0.462. The van der Waals surface area contributed by atoms with Crippen LogP contribution in [0.5, 0.6) is 0 Å². The van der Waals surface area contributed by atoms with Crippen LogP contribution in [-0.2, 0) is 6.18 Å². The zero-order valence-corrected chi connectivity index (χ0v) is 16.8. The summed E-state index contributed by atoms with van der Waals surface area (Å²) in [6.45, 7) is 3.83. The summed E-state index contributed by atoms with van der Waals surface area (Å²) in [4.78, 5) is 5.71. The van der Waals surface area contributed by atoms with Gasteiger partial charge in [-0.05, 0) is 38.1 Å². The van der Waals surface area contributed by atoms with Crippen molar-refractivity contribution in [3.63, 3.8) is 0 Å². The second kappa shape index (κ2) is 7.27. The van der Waals surface area contributed by atoms with Crippen LogP contribution in [0.4, 0.5) is 19.0 Å². The number of nitrogens with zero attached hydrogens (tertiary/aromatic N) is 5. The van der Waals surface area contributed by atoms with Gasteiger partial charge in [-0.15, -0.1) is 26.6 Å². The van der Waals surface area contributed by atoms with Gasteiger partial charge in [-0.3, -0.25) is 0 Å². The van der Waals surface area contributed by atoms with Crippen molar-refractivity contribution in [2.75, 3.05) is 5.32 Å². The summed E-state index contributed by atoms with van der Waals surface area (Å²) in [5, 5.41) is 15.2. The summed E-state index contributed by atoms with van der Waals surface area (Å²) in [5.41, 5.74) is 1.81. The van der Waals surface area contributed by atoms with Crippen molar-refractivity contribution in [3.05, 3.63) is 57.1 Å². The number of halogens is 4. The molecule has 0 aliphatic carbocycles. The molecule has 0 saturated heterocycles. The minimum atomic E-state index is -4.64. The van der Waals surface area contributed by atoms with E-state index in [2.05, 4.69) is 25.6 Å². The first-order chi connectivity index (χ1) is 13.7. The average Bonchev–Trinajstić information content (AvgIpc) is 3.25. The highest BCUT2D eigenvalue weighted by molar-refractivity contribution is 7.12. The van der Waals surface area contributed by atoms with E-state index < -0.39 is 12.0 Å². The van der Waals surface area contributed by atoms with E-state index in [1.165, 1.54) is 17.4 Å². The fourth-order valence-corrected chi connectivity index (χ4v) is 3.88. The molecule has 29 heavy (non-hydrogen) atoms. The molecule has 1 atom stereocenters. The Kier molecular flexibility index (Phi) is 4.91.